The van der Waals surface area contributed by atoms with Crippen LogP contribution in [-0.2, 0) is 6.54 Å². The van der Waals surface area contributed by atoms with E-state index in [-0.39, 0.29) is 12.0 Å². The summed E-state index contributed by atoms with van der Waals surface area (Å²) in [6, 6.07) is 8.14. The molecule has 1 aromatic carbocycles. The molecule has 2 fully saturated rings. The smallest absolute Gasteiger partial charge is 0.253 e. The molecular formula is C20H31N3O2. The van der Waals surface area contributed by atoms with E-state index in [2.05, 4.69) is 21.9 Å². The molecule has 1 N–H and O–H groups in total. The monoisotopic (exact) mass is 345 g/mol. The highest BCUT2D eigenvalue weighted by Crippen LogP contribution is 2.16. The molecule has 5 heteroatoms. The standard InChI is InChI=1S/C20H31N3O2/c1-17(24)15-21-10-12-22(13-11-21)16-18-6-5-7-19(14-18)20(25)23-8-3-2-4-9-23/h5-7,14,17,24H,2-4,8-13,15-16H2,1H3/t17-/m0/s1. The van der Waals surface area contributed by atoms with Crippen molar-refractivity contribution in [3.63, 3.8) is 0 Å². The van der Waals surface area contributed by atoms with Gasteiger partial charge in [-0.25, -0.2) is 0 Å². The molecule has 0 unspecified atom stereocenters. The fourth-order valence-electron chi connectivity index (χ4n) is 3.84. The summed E-state index contributed by atoms with van der Waals surface area (Å²) in [5.74, 6) is 0.184. The number of hydrogen-bond donors (Lipinski definition) is 1. The molecule has 2 aliphatic rings. The van der Waals surface area contributed by atoms with E-state index in [9.17, 15) is 9.90 Å². The van der Waals surface area contributed by atoms with Crippen LogP contribution in [0.4, 0.5) is 0 Å². The van der Waals surface area contributed by atoms with E-state index < -0.39 is 0 Å². The van der Waals surface area contributed by atoms with Crippen molar-refractivity contribution >= 4 is 5.91 Å². The van der Waals surface area contributed by atoms with E-state index in [0.717, 1.165) is 70.8 Å². The molecule has 25 heavy (non-hydrogen) atoms. The quantitative estimate of drug-likeness (QED) is 0.884. The normalized spacial score (nSPS) is 21.3. The predicted molar refractivity (Wildman–Crippen MR) is 99.6 cm³/mol. The third-order valence-corrected chi connectivity index (χ3v) is 5.21. The highest BCUT2D eigenvalue weighted by molar-refractivity contribution is 5.94. The molecule has 2 saturated heterocycles. The fourth-order valence-corrected chi connectivity index (χ4v) is 3.84. The van der Waals surface area contributed by atoms with Gasteiger partial charge in [-0.1, -0.05) is 12.1 Å². The number of benzene rings is 1. The molecule has 138 valence electrons. The van der Waals surface area contributed by atoms with Gasteiger partial charge >= 0.3 is 0 Å². The Hall–Kier alpha value is -1.43. The lowest BCUT2D eigenvalue weighted by Crippen LogP contribution is -2.47. The van der Waals surface area contributed by atoms with Gasteiger partial charge in [-0.3, -0.25) is 14.6 Å². The van der Waals surface area contributed by atoms with Crippen molar-refractivity contribution in [3.8, 4) is 0 Å². The second-order valence-electron chi connectivity index (χ2n) is 7.48. The first-order valence-electron chi connectivity index (χ1n) is 9.63. The van der Waals surface area contributed by atoms with Crippen LogP contribution in [0.25, 0.3) is 0 Å². The number of carbonyl (C=O) groups is 1. The highest BCUT2D eigenvalue weighted by atomic mass is 16.3. The minimum atomic E-state index is -0.260. The summed E-state index contributed by atoms with van der Waals surface area (Å²) < 4.78 is 0. The number of piperazine rings is 1. The Labute approximate surface area is 151 Å². The van der Waals surface area contributed by atoms with Crippen molar-refractivity contribution in [3.05, 3.63) is 35.4 Å². The molecule has 1 atom stereocenters. The molecule has 0 aromatic heterocycles. The Morgan fingerprint density at radius 1 is 1.04 bits per heavy atom. The predicted octanol–water partition coefficient (Wildman–Crippen LogP) is 1.81. The third kappa shape index (κ3) is 5.27. The molecule has 0 bridgehead atoms. The second-order valence-corrected chi connectivity index (χ2v) is 7.48. The second kappa shape index (κ2) is 8.79. The number of nitrogens with zero attached hydrogens (tertiary/aromatic N) is 3. The van der Waals surface area contributed by atoms with Gasteiger partial charge in [0, 0.05) is 57.9 Å². The van der Waals surface area contributed by atoms with Crippen LogP contribution in [0.15, 0.2) is 24.3 Å². The van der Waals surface area contributed by atoms with Crippen molar-refractivity contribution in [2.75, 3.05) is 45.8 Å². The highest BCUT2D eigenvalue weighted by Gasteiger charge is 2.20. The van der Waals surface area contributed by atoms with Gasteiger partial charge in [0.1, 0.15) is 0 Å². The van der Waals surface area contributed by atoms with Gasteiger partial charge in [0.25, 0.3) is 5.91 Å². The van der Waals surface area contributed by atoms with E-state index in [1.165, 1.54) is 12.0 Å². The molecule has 2 aliphatic heterocycles. The Bertz CT molecular complexity index is 562. The summed E-state index contributed by atoms with van der Waals surface area (Å²) in [5.41, 5.74) is 2.04. The molecule has 1 amide bonds. The van der Waals surface area contributed by atoms with Crippen LogP contribution < -0.4 is 0 Å². The number of aliphatic hydroxyl groups excluding tert-OH is 1. The number of amides is 1. The van der Waals surface area contributed by atoms with E-state index in [1.54, 1.807) is 0 Å². The number of piperidine rings is 1. The maximum Gasteiger partial charge on any atom is 0.253 e. The number of carbonyl (C=O) groups excluding carboxylic acids is 1. The summed E-state index contributed by atoms with van der Waals surface area (Å²) in [7, 11) is 0. The molecule has 0 saturated carbocycles. The summed E-state index contributed by atoms with van der Waals surface area (Å²) in [5, 5.41) is 9.50. The van der Waals surface area contributed by atoms with Crippen molar-refractivity contribution in [1.82, 2.24) is 14.7 Å². The Morgan fingerprint density at radius 2 is 1.72 bits per heavy atom. The van der Waals surface area contributed by atoms with Crippen LogP contribution in [-0.4, -0.2) is 77.6 Å². The number of likely N-dealkylation sites (tertiary alicyclic amines) is 1. The molecule has 1 aromatic rings. The minimum Gasteiger partial charge on any atom is -0.392 e. The fraction of sp³-hybridized carbons (Fsp3) is 0.650. The van der Waals surface area contributed by atoms with Crippen LogP contribution in [0.5, 0.6) is 0 Å². The molecule has 0 aliphatic carbocycles. The molecule has 0 radical (unpaired) electrons. The SMILES string of the molecule is C[C@H](O)CN1CCN(Cc2cccc(C(=O)N3CCCCC3)c2)CC1. The topological polar surface area (TPSA) is 47.0 Å². The van der Waals surface area contributed by atoms with Crippen molar-refractivity contribution in [2.24, 2.45) is 0 Å². The first kappa shape index (κ1) is 18.4. The largest absolute Gasteiger partial charge is 0.392 e. The molecule has 3 rings (SSSR count). The van der Waals surface area contributed by atoms with Crippen molar-refractivity contribution in [2.45, 2.75) is 38.8 Å². The van der Waals surface area contributed by atoms with Gasteiger partial charge in [0.2, 0.25) is 0 Å². The van der Waals surface area contributed by atoms with Crippen molar-refractivity contribution in [1.29, 1.82) is 0 Å². The maximum absolute atomic E-state index is 12.7. The zero-order chi connectivity index (χ0) is 17.6. The van der Waals surface area contributed by atoms with Crippen LogP contribution in [0.2, 0.25) is 0 Å². The van der Waals surface area contributed by atoms with Gasteiger partial charge in [-0.2, -0.15) is 0 Å². The van der Waals surface area contributed by atoms with Gasteiger partial charge in [0.15, 0.2) is 0 Å². The zero-order valence-electron chi connectivity index (χ0n) is 15.4. The lowest BCUT2D eigenvalue weighted by Gasteiger charge is -2.35. The Kier molecular flexibility index (Phi) is 6.45. The Balaban J connectivity index is 1.54. The minimum absolute atomic E-state index is 0.184. The third-order valence-electron chi connectivity index (χ3n) is 5.21. The summed E-state index contributed by atoms with van der Waals surface area (Å²) in [6.45, 7) is 9.31. The van der Waals surface area contributed by atoms with E-state index >= 15 is 0 Å². The number of rotatable bonds is 5. The van der Waals surface area contributed by atoms with Crippen LogP contribution in [0.3, 0.4) is 0 Å². The summed E-state index contributed by atoms with van der Waals surface area (Å²) >= 11 is 0. The number of β-amino-alcohol motifs (C(OH)–C–C–N with tert-alkyl or cyclic N) is 1. The van der Waals surface area contributed by atoms with Gasteiger partial charge in [-0.05, 0) is 43.9 Å². The molecule has 0 spiro atoms. The Morgan fingerprint density at radius 3 is 2.40 bits per heavy atom. The molecule has 5 nitrogen and oxygen atoms in total. The number of hydrogen-bond acceptors (Lipinski definition) is 4. The lowest BCUT2D eigenvalue weighted by molar-refractivity contribution is 0.0723. The van der Waals surface area contributed by atoms with Gasteiger partial charge < -0.3 is 10.0 Å². The molecule has 2 heterocycles. The number of aliphatic hydroxyl groups is 1. The maximum atomic E-state index is 12.7. The molecular weight excluding hydrogens is 314 g/mol. The van der Waals surface area contributed by atoms with E-state index in [4.69, 9.17) is 0 Å². The van der Waals surface area contributed by atoms with E-state index in [1.807, 2.05) is 24.0 Å². The first-order chi connectivity index (χ1) is 12.1. The summed E-state index contributed by atoms with van der Waals surface area (Å²) in [6.07, 6.45) is 3.24. The average Bonchev–Trinajstić information content (AvgIpc) is 2.63. The van der Waals surface area contributed by atoms with Crippen LogP contribution in [0.1, 0.15) is 42.1 Å². The van der Waals surface area contributed by atoms with Gasteiger partial charge in [0.05, 0.1) is 6.10 Å². The van der Waals surface area contributed by atoms with Crippen LogP contribution in [0, 0.1) is 0 Å². The first-order valence-corrected chi connectivity index (χ1v) is 9.63. The van der Waals surface area contributed by atoms with Crippen molar-refractivity contribution < 1.29 is 9.90 Å². The van der Waals surface area contributed by atoms with Gasteiger partial charge in [-0.15, -0.1) is 0 Å². The summed E-state index contributed by atoms with van der Waals surface area (Å²) in [4.78, 5) is 19.4. The zero-order valence-corrected chi connectivity index (χ0v) is 15.4. The average molecular weight is 345 g/mol. The lowest BCUT2D eigenvalue weighted by atomic mass is 10.1. The van der Waals surface area contributed by atoms with E-state index in [0.29, 0.717) is 0 Å². The van der Waals surface area contributed by atoms with Crippen LogP contribution >= 0.6 is 0 Å².